The monoisotopic (exact) mass is 474 g/mol. The summed E-state index contributed by atoms with van der Waals surface area (Å²) in [5, 5.41) is 13.1. The van der Waals surface area contributed by atoms with Gasteiger partial charge >= 0.3 is 0 Å². The standard InChI is InChI=1S/C27H26N2O4S/c1-18-11-14-22(26(15-18)29(30)31)20-12-13-21(19(2)16-20)17-34(32,33)27-10-6-7-23-24(27)8-5-9-25(23)28(3)4/h5-16H,17H2,1-4H3. The number of nitro benzene ring substituents is 1. The van der Waals surface area contributed by atoms with E-state index in [4.69, 9.17) is 0 Å². The first-order chi connectivity index (χ1) is 16.1. The molecule has 6 nitrogen and oxygen atoms in total. The van der Waals surface area contributed by atoms with Crippen molar-refractivity contribution in [1.82, 2.24) is 0 Å². The van der Waals surface area contributed by atoms with Crippen molar-refractivity contribution < 1.29 is 13.3 Å². The van der Waals surface area contributed by atoms with Gasteiger partial charge < -0.3 is 4.90 Å². The largest absolute Gasteiger partial charge is 0.377 e. The average Bonchev–Trinajstić information content (AvgIpc) is 2.79. The van der Waals surface area contributed by atoms with Crippen LogP contribution in [-0.2, 0) is 15.6 Å². The first kappa shape index (κ1) is 23.4. The molecule has 174 valence electrons. The first-order valence-corrected chi connectivity index (χ1v) is 12.5. The van der Waals surface area contributed by atoms with Crippen molar-refractivity contribution in [2.75, 3.05) is 19.0 Å². The molecule has 0 aliphatic rings. The number of hydrogen-bond acceptors (Lipinski definition) is 5. The maximum absolute atomic E-state index is 13.5. The molecule has 7 heteroatoms. The summed E-state index contributed by atoms with van der Waals surface area (Å²) in [5.74, 6) is -0.152. The molecule has 0 saturated heterocycles. The number of hydrogen-bond donors (Lipinski definition) is 0. The van der Waals surface area contributed by atoms with Gasteiger partial charge in [0.2, 0.25) is 0 Å². The van der Waals surface area contributed by atoms with E-state index in [9.17, 15) is 18.5 Å². The Balaban J connectivity index is 1.73. The zero-order valence-electron chi connectivity index (χ0n) is 19.6. The van der Waals surface area contributed by atoms with Gasteiger partial charge in [-0.05, 0) is 54.3 Å². The van der Waals surface area contributed by atoms with Crippen molar-refractivity contribution in [3.05, 3.63) is 99.6 Å². The predicted molar refractivity (Wildman–Crippen MR) is 137 cm³/mol. The number of nitro groups is 1. The Labute approximate surface area is 199 Å². The van der Waals surface area contributed by atoms with E-state index in [2.05, 4.69) is 0 Å². The molecule has 0 bridgehead atoms. The molecule has 0 spiro atoms. The van der Waals surface area contributed by atoms with Crippen LogP contribution in [0.5, 0.6) is 0 Å². The van der Waals surface area contributed by atoms with Crippen LogP contribution in [0.25, 0.3) is 21.9 Å². The van der Waals surface area contributed by atoms with Crippen LogP contribution in [0.15, 0.2) is 77.7 Å². The smallest absolute Gasteiger partial charge is 0.277 e. The minimum atomic E-state index is -3.64. The summed E-state index contributed by atoms with van der Waals surface area (Å²) in [7, 11) is 0.223. The maximum Gasteiger partial charge on any atom is 0.277 e. The number of nitrogens with zero attached hydrogens (tertiary/aromatic N) is 2. The fourth-order valence-electron chi connectivity index (χ4n) is 4.27. The number of sulfone groups is 1. The minimum absolute atomic E-state index is 0.0345. The number of aryl methyl sites for hydroxylation is 2. The molecule has 0 aliphatic heterocycles. The summed E-state index contributed by atoms with van der Waals surface area (Å²) in [6.45, 7) is 3.65. The molecule has 4 aromatic rings. The first-order valence-electron chi connectivity index (χ1n) is 10.9. The highest BCUT2D eigenvalue weighted by Gasteiger charge is 2.21. The Morgan fingerprint density at radius 3 is 2.26 bits per heavy atom. The molecule has 4 aromatic carbocycles. The third-order valence-corrected chi connectivity index (χ3v) is 7.74. The highest BCUT2D eigenvalue weighted by atomic mass is 32.2. The van der Waals surface area contributed by atoms with E-state index in [1.165, 1.54) is 0 Å². The summed E-state index contributed by atoms with van der Waals surface area (Å²) < 4.78 is 27.0. The lowest BCUT2D eigenvalue weighted by Crippen LogP contribution is -2.10. The van der Waals surface area contributed by atoms with Gasteiger partial charge in [-0.3, -0.25) is 10.1 Å². The summed E-state index contributed by atoms with van der Waals surface area (Å²) in [4.78, 5) is 13.4. The molecule has 34 heavy (non-hydrogen) atoms. The van der Waals surface area contributed by atoms with E-state index in [-0.39, 0.29) is 11.4 Å². The molecule has 0 N–H and O–H groups in total. The zero-order valence-corrected chi connectivity index (χ0v) is 20.4. The van der Waals surface area contributed by atoms with E-state index in [1.807, 2.05) is 69.2 Å². The molecule has 0 unspecified atom stereocenters. The second kappa shape index (κ2) is 8.91. The Hall–Kier alpha value is -3.71. The number of benzene rings is 4. The second-order valence-corrected chi connectivity index (χ2v) is 10.7. The number of rotatable bonds is 6. The van der Waals surface area contributed by atoms with Crippen LogP contribution >= 0.6 is 0 Å². The third kappa shape index (κ3) is 4.39. The van der Waals surface area contributed by atoms with Crippen molar-refractivity contribution in [3.63, 3.8) is 0 Å². The highest BCUT2D eigenvalue weighted by Crippen LogP contribution is 2.34. The molecule has 0 saturated carbocycles. The van der Waals surface area contributed by atoms with E-state index < -0.39 is 14.8 Å². The topological polar surface area (TPSA) is 80.5 Å². The second-order valence-electron chi connectivity index (χ2n) is 8.70. The average molecular weight is 475 g/mol. The molecule has 0 amide bonds. The maximum atomic E-state index is 13.5. The van der Waals surface area contributed by atoms with Gasteiger partial charge in [0.1, 0.15) is 0 Å². The van der Waals surface area contributed by atoms with Gasteiger partial charge in [-0.1, -0.05) is 48.5 Å². The predicted octanol–water partition coefficient (Wildman–Crippen LogP) is 6.07. The molecule has 0 aliphatic carbocycles. The van der Waals surface area contributed by atoms with Crippen molar-refractivity contribution in [2.45, 2.75) is 24.5 Å². The third-order valence-electron chi connectivity index (χ3n) is 6.02. The SMILES string of the molecule is Cc1ccc(-c2ccc(CS(=O)(=O)c3cccc4c(N(C)C)cccc34)c(C)c2)c([N+](=O)[O-])c1. The van der Waals surface area contributed by atoms with Crippen LogP contribution in [0.4, 0.5) is 11.4 Å². The summed E-state index contributed by atoms with van der Waals surface area (Å²) in [6, 6.07) is 21.4. The van der Waals surface area contributed by atoms with E-state index >= 15 is 0 Å². The van der Waals surface area contributed by atoms with Gasteiger partial charge in [0.05, 0.1) is 21.1 Å². The molecular weight excluding hydrogens is 448 g/mol. The summed E-state index contributed by atoms with van der Waals surface area (Å²) >= 11 is 0. The van der Waals surface area contributed by atoms with E-state index in [0.29, 0.717) is 27.0 Å². The van der Waals surface area contributed by atoms with Crippen molar-refractivity contribution in [1.29, 1.82) is 0 Å². The zero-order chi connectivity index (χ0) is 24.6. The van der Waals surface area contributed by atoms with Crippen LogP contribution in [0.1, 0.15) is 16.7 Å². The lowest BCUT2D eigenvalue weighted by Gasteiger charge is -2.17. The van der Waals surface area contributed by atoms with Crippen LogP contribution < -0.4 is 4.90 Å². The fourth-order valence-corrected chi connectivity index (χ4v) is 5.96. The number of anilines is 1. The Kier molecular flexibility index (Phi) is 6.15. The van der Waals surface area contributed by atoms with Crippen molar-refractivity contribution in [2.24, 2.45) is 0 Å². The Morgan fingerprint density at radius 1 is 0.882 bits per heavy atom. The fraction of sp³-hybridized carbons (Fsp3) is 0.185. The van der Waals surface area contributed by atoms with Crippen LogP contribution in [0.3, 0.4) is 0 Å². The quantitative estimate of drug-likeness (QED) is 0.250. The minimum Gasteiger partial charge on any atom is -0.377 e. The Bertz CT molecular complexity index is 1530. The van der Waals surface area contributed by atoms with Gasteiger partial charge in [0, 0.05) is 36.6 Å². The van der Waals surface area contributed by atoms with Crippen molar-refractivity contribution in [3.8, 4) is 11.1 Å². The normalized spacial score (nSPS) is 11.5. The molecule has 0 fully saturated rings. The van der Waals surface area contributed by atoms with Crippen LogP contribution in [0, 0.1) is 24.0 Å². The van der Waals surface area contributed by atoms with Crippen LogP contribution in [-0.4, -0.2) is 27.4 Å². The molecule has 4 rings (SSSR count). The van der Waals surface area contributed by atoms with E-state index in [0.717, 1.165) is 22.2 Å². The molecule has 0 aromatic heterocycles. The molecule has 0 heterocycles. The lowest BCUT2D eigenvalue weighted by atomic mass is 9.98. The lowest BCUT2D eigenvalue weighted by molar-refractivity contribution is -0.384. The Morgan fingerprint density at radius 2 is 1.59 bits per heavy atom. The van der Waals surface area contributed by atoms with Gasteiger partial charge in [-0.15, -0.1) is 0 Å². The summed E-state index contributed by atoms with van der Waals surface area (Å²) in [6.07, 6.45) is 0. The van der Waals surface area contributed by atoms with E-state index in [1.54, 1.807) is 36.4 Å². The molecule has 0 atom stereocenters. The van der Waals surface area contributed by atoms with Crippen LogP contribution in [0.2, 0.25) is 0 Å². The van der Waals surface area contributed by atoms with Gasteiger partial charge in [0.25, 0.3) is 5.69 Å². The van der Waals surface area contributed by atoms with Crippen molar-refractivity contribution >= 4 is 32.0 Å². The van der Waals surface area contributed by atoms with Gasteiger partial charge in [-0.2, -0.15) is 0 Å². The van der Waals surface area contributed by atoms with Gasteiger partial charge in [0.15, 0.2) is 9.84 Å². The highest BCUT2D eigenvalue weighted by molar-refractivity contribution is 7.90. The summed E-state index contributed by atoms with van der Waals surface area (Å²) in [5.41, 5.74) is 4.43. The molecular formula is C27H26N2O4S. The number of fused-ring (bicyclic) bond motifs is 1. The van der Waals surface area contributed by atoms with Gasteiger partial charge in [-0.25, -0.2) is 8.42 Å². The molecule has 0 radical (unpaired) electrons.